The van der Waals surface area contributed by atoms with E-state index in [1.54, 1.807) is 7.11 Å². The van der Waals surface area contributed by atoms with E-state index in [1.165, 1.54) is 16.9 Å². The van der Waals surface area contributed by atoms with Gasteiger partial charge in [0.05, 0.1) is 7.11 Å². The zero-order valence-electron chi connectivity index (χ0n) is 16.2. The number of amides is 1. The van der Waals surface area contributed by atoms with Crippen LogP contribution in [0, 0.1) is 0 Å². The first-order valence-electron chi connectivity index (χ1n) is 9.11. The molecule has 1 N–H and O–H groups in total. The summed E-state index contributed by atoms with van der Waals surface area (Å²) in [7, 11) is 1.66. The number of thiophene rings is 1. The average molecular weight is 388 g/mol. The van der Waals surface area contributed by atoms with Gasteiger partial charge in [-0.2, -0.15) is 0 Å². The number of esters is 1. The molecule has 0 aliphatic heterocycles. The molecule has 2 aromatic rings. The number of carbonyl (C=O) groups excluding carboxylic acids is 2. The second-order valence-corrected chi connectivity index (χ2v) is 8.40. The van der Waals surface area contributed by atoms with Crippen LogP contribution in [0.2, 0.25) is 0 Å². The molecular weight excluding hydrogens is 362 g/mol. The Bertz CT molecular complexity index is 869. The number of nitrogens with one attached hydrogen (secondary N) is 1. The van der Waals surface area contributed by atoms with Crippen LogP contribution in [0.3, 0.4) is 0 Å². The third-order valence-corrected chi connectivity index (χ3v) is 6.12. The van der Waals surface area contributed by atoms with E-state index in [0.717, 1.165) is 41.0 Å². The fourth-order valence-corrected chi connectivity index (χ4v) is 4.21. The van der Waals surface area contributed by atoms with E-state index < -0.39 is 5.97 Å². The molecule has 0 fully saturated rings. The molecule has 1 aliphatic rings. The molecule has 144 valence electrons. The third kappa shape index (κ3) is 4.33. The van der Waals surface area contributed by atoms with Crippen molar-refractivity contribution in [1.82, 2.24) is 5.32 Å². The van der Waals surface area contributed by atoms with Gasteiger partial charge in [-0.15, -0.1) is 11.3 Å². The maximum Gasteiger partial charge on any atom is 0.348 e. The highest BCUT2D eigenvalue weighted by Crippen LogP contribution is 2.40. The summed E-state index contributed by atoms with van der Waals surface area (Å²) in [4.78, 5) is 26.0. The zero-order valence-corrected chi connectivity index (χ0v) is 17.0. The number of carbonyl (C=O) groups is 2. The van der Waals surface area contributed by atoms with Crippen molar-refractivity contribution in [2.75, 3.05) is 13.7 Å². The van der Waals surface area contributed by atoms with E-state index in [4.69, 9.17) is 9.47 Å². The van der Waals surface area contributed by atoms with Gasteiger partial charge in [0.1, 0.15) is 10.6 Å². The van der Waals surface area contributed by atoms with Gasteiger partial charge < -0.3 is 14.8 Å². The first kappa shape index (κ1) is 19.4. The first-order chi connectivity index (χ1) is 12.8. The molecule has 1 aliphatic carbocycles. The van der Waals surface area contributed by atoms with Crippen molar-refractivity contribution in [2.45, 2.75) is 45.6 Å². The van der Waals surface area contributed by atoms with Crippen molar-refractivity contribution in [3.63, 3.8) is 0 Å². The van der Waals surface area contributed by atoms with Gasteiger partial charge in [-0.05, 0) is 74.1 Å². The SMILES string of the molecule is CCC(C)(C)NC(=O)COC(=O)c1cc2c(s1)-c1ccc(OC)cc1CC2. The predicted molar refractivity (Wildman–Crippen MR) is 107 cm³/mol. The summed E-state index contributed by atoms with van der Waals surface area (Å²) >= 11 is 1.42. The van der Waals surface area contributed by atoms with Crippen LogP contribution < -0.4 is 10.1 Å². The lowest BCUT2D eigenvalue weighted by molar-refractivity contribution is -0.125. The smallest absolute Gasteiger partial charge is 0.348 e. The van der Waals surface area contributed by atoms with Gasteiger partial charge in [0.25, 0.3) is 5.91 Å². The van der Waals surface area contributed by atoms with Crippen molar-refractivity contribution in [2.24, 2.45) is 0 Å². The molecule has 0 saturated heterocycles. The Hall–Kier alpha value is -2.34. The summed E-state index contributed by atoms with van der Waals surface area (Å²) in [5, 5.41) is 2.86. The van der Waals surface area contributed by atoms with Crippen LogP contribution in [0.4, 0.5) is 0 Å². The molecule has 0 spiro atoms. The van der Waals surface area contributed by atoms with Crippen molar-refractivity contribution in [1.29, 1.82) is 0 Å². The molecule has 3 rings (SSSR count). The Morgan fingerprint density at radius 3 is 2.63 bits per heavy atom. The Morgan fingerprint density at radius 1 is 1.19 bits per heavy atom. The fourth-order valence-electron chi connectivity index (χ4n) is 3.04. The topological polar surface area (TPSA) is 64.6 Å². The van der Waals surface area contributed by atoms with Crippen molar-refractivity contribution in [3.05, 3.63) is 40.3 Å². The summed E-state index contributed by atoms with van der Waals surface area (Å²) in [6.45, 7) is 5.60. The lowest BCUT2D eigenvalue weighted by atomic mass is 9.91. The molecule has 0 atom stereocenters. The van der Waals surface area contributed by atoms with Crippen LogP contribution in [0.15, 0.2) is 24.3 Å². The van der Waals surface area contributed by atoms with E-state index in [2.05, 4.69) is 11.4 Å². The van der Waals surface area contributed by atoms with Crippen molar-refractivity contribution >= 4 is 23.2 Å². The quantitative estimate of drug-likeness (QED) is 0.762. The second kappa shape index (κ2) is 7.72. The molecule has 27 heavy (non-hydrogen) atoms. The molecule has 0 bridgehead atoms. The van der Waals surface area contributed by atoms with Gasteiger partial charge in [-0.3, -0.25) is 4.79 Å². The van der Waals surface area contributed by atoms with Crippen LogP contribution in [0.5, 0.6) is 5.75 Å². The minimum absolute atomic E-state index is 0.265. The molecular formula is C21H25NO4S. The van der Waals surface area contributed by atoms with Crippen LogP contribution in [-0.4, -0.2) is 31.1 Å². The van der Waals surface area contributed by atoms with Crippen molar-refractivity contribution in [3.8, 4) is 16.2 Å². The Kier molecular flexibility index (Phi) is 5.56. The molecule has 1 aromatic heterocycles. The zero-order chi connectivity index (χ0) is 19.6. The molecule has 1 heterocycles. The van der Waals surface area contributed by atoms with Crippen LogP contribution in [0.25, 0.3) is 10.4 Å². The molecule has 6 heteroatoms. The number of fused-ring (bicyclic) bond motifs is 3. The van der Waals surface area contributed by atoms with Gasteiger partial charge >= 0.3 is 5.97 Å². The number of hydrogen-bond donors (Lipinski definition) is 1. The normalized spacial score (nSPS) is 12.7. The average Bonchev–Trinajstić information content (AvgIpc) is 3.10. The monoisotopic (exact) mass is 387 g/mol. The van der Waals surface area contributed by atoms with Gasteiger partial charge in [-0.25, -0.2) is 4.79 Å². The highest BCUT2D eigenvalue weighted by atomic mass is 32.1. The number of benzene rings is 1. The second-order valence-electron chi connectivity index (χ2n) is 7.35. The van der Waals surface area contributed by atoms with E-state index in [-0.39, 0.29) is 18.1 Å². The minimum atomic E-state index is -0.450. The van der Waals surface area contributed by atoms with Gasteiger partial charge in [0.2, 0.25) is 0 Å². The van der Waals surface area contributed by atoms with Gasteiger partial charge in [0.15, 0.2) is 6.61 Å². The fraction of sp³-hybridized carbons (Fsp3) is 0.429. The van der Waals surface area contributed by atoms with E-state index in [9.17, 15) is 9.59 Å². The highest BCUT2D eigenvalue weighted by molar-refractivity contribution is 7.17. The van der Waals surface area contributed by atoms with E-state index in [1.807, 2.05) is 39.0 Å². The van der Waals surface area contributed by atoms with Gasteiger partial charge in [0, 0.05) is 10.4 Å². The largest absolute Gasteiger partial charge is 0.497 e. The van der Waals surface area contributed by atoms with Crippen LogP contribution in [-0.2, 0) is 22.4 Å². The molecule has 1 aromatic carbocycles. The summed E-state index contributed by atoms with van der Waals surface area (Å²) in [6, 6.07) is 7.92. The lowest BCUT2D eigenvalue weighted by Crippen LogP contribution is -2.44. The maximum atomic E-state index is 12.4. The van der Waals surface area contributed by atoms with E-state index >= 15 is 0 Å². The number of rotatable bonds is 6. The minimum Gasteiger partial charge on any atom is -0.497 e. The molecule has 1 amide bonds. The predicted octanol–water partition coefficient (Wildman–Crippen LogP) is 3.98. The molecule has 0 unspecified atom stereocenters. The highest BCUT2D eigenvalue weighted by Gasteiger charge is 2.24. The molecule has 0 radical (unpaired) electrons. The first-order valence-corrected chi connectivity index (χ1v) is 9.92. The Morgan fingerprint density at radius 2 is 1.93 bits per heavy atom. The van der Waals surface area contributed by atoms with Crippen molar-refractivity contribution < 1.29 is 19.1 Å². The van der Waals surface area contributed by atoms with Crippen LogP contribution in [0.1, 0.15) is 48.0 Å². The number of ether oxygens (including phenoxy) is 2. The number of hydrogen-bond acceptors (Lipinski definition) is 5. The van der Waals surface area contributed by atoms with Gasteiger partial charge in [-0.1, -0.05) is 6.92 Å². The lowest BCUT2D eigenvalue weighted by Gasteiger charge is -2.24. The molecule has 5 nitrogen and oxygen atoms in total. The summed E-state index contributed by atoms with van der Waals surface area (Å²) < 4.78 is 10.5. The van der Waals surface area contributed by atoms with Crippen LogP contribution >= 0.6 is 11.3 Å². The Labute approximate surface area is 163 Å². The maximum absolute atomic E-state index is 12.4. The number of methoxy groups -OCH3 is 1. The van der Waals surface area contributed by atoms with E-state index in [0.29, 0.717) is 4.88 Å². The summed E-state index contributed by atoms with van der Waals surface area (Å²) in [5.41, 5.74) is 3.21. The summed E-state index contributed by atoms with van der Waals surface area (Å²) in [6.07, 6.45) is 2.60. The Balaban J connectivity index is 1.70. The number of aryl methyl sites for hydroxylation is 2. The third-order valence-electron chi connectivity index (χ3n) is 4.93. The molecule has 0 saturated carbocycles. The summed E-state index contributed by atoms with van der Waals surface area (Å²) in [5.74, 6) is 0.109. The standard InChI is InChI=1S/C21H25NO4S/c1-5-21(2,3)22-18(23)12-26-20(24)17-11-14-7-6-13-10-15(25-4)8-9-16(13)19(14)27-17/h8-11H,5-7,12H2,1-4H3,(H,22,23).